The molecule has 0 saturated heterocycles. The first-order chi connectivity index (χ1) is 13.8. The Morgan fingerprint density at radius 3 is 2.86 bits per heavy atom. The van der Waals surface area contributed by atoms with Crippen LogP contribution in [0.25, 0.3) is 0 Å². The maximum Gasteiger partial charge on any atom is 0.260 e. The van der Waals surface area contributed by atoms with E-state index in [1.54, 1.807) is 24.5 Å². The Morgan fingerprint density at radius 1 is 1.25 bits per heavy atom. The number of aromatic amines is 1. The highest BCUT2D eigenvalue weighted by Gasteiger charge is 2.28. The SMILES string of the molecule is CCC(c1ccccc1)c1n[nH]c2c1CN(C(=O)COc1cccnc1)CC2. The van der Waals surface area contributed by atoms with Gasteiger partial charge in [-0.2, -0.15) is 5.10 Å². The largest absolute Gasteiger partial charge is 0.482 e. The number of nitrogens with one attached hydrogen (secondary N) is 1. The minimum atomic E-state index is -0.0191. The van der Waals surface area contributed by atoms with Crippen LogP contribution in [0.3, 0.4) is 0 Å². The second-order valence-corrected chi connectivity index (χ2v) is 6.98. The zero-order valence-corrected chi connectivity index (χ0v) is 16.0. The fourth-order valence-electron chi connectivity index (χ4n) is 3.76. The van der Waals surface area contributed by atoms with E-state index in [1.165, 1.54) is 5.56 Å². The zero-order valence-electron chi connectivity index (χ0n) is 16.0. The molecule has 0 aliphatic carbocycles. The first-order valence-electron chi connectivity index (χ1n) is 9.67. The zero-order chi connectivity index (χ0) is 19.3. The Morgan fingerprint density at radius 2 is 2.11 bits per heavy atom. The van der Waals surface area contributed by atoms with E-state index in [4.69, 9.17) is 4.74 Å². The minimum absolute atomic E-state index is 0.0180. The van der Waals surface area contributed by atoms with Crippen molar-refractivity contribution in [2.45, 2.75) is 32.2 Å². The highest BCUT2D eigenvalue weighted by molar-refractivity contribution is 5.78. The molecule has 0 spiro atoms. The van der Waals surface area contributed by atoms with E-state index in [0.29, 0.717) is 18.8 Å². The second-order valence-electron chi connectivity index (χ2n) is 6.98. The summed E-state index contributed by atoms with van der Waals surface area (Å²) in [6.07, 6.45) is 5.03. The average molecular weight is 376 g/mol. The Labute approximate surface area is 164 Å². The molecule has 4 rings (SSSR count). The lowest BCUT2D eigenvalue weighted by Crippen LogP contribution is -2.39. The summed E-state index contributed by atoms with van der Waals surface area (Å²) in [5.41, 5.74) is 4.59. The molecule has 1 aliphatic rings. The van der Waals surface area contributed by atoms with Crippen molar-refractivity contribution in [2.24, 2.45) is 0 Å². The van der Waals surface area contributed by atoms with Crippen molar-refractivity contribution in [3.8, 4) is 5.75 Å². The van der Waals surface area contributed by atoms with Crippen LogP contribution in [0, 0.1) is 0 Å². The van der Waals surface area contributed by atoms with Crippen molar-refractivity contribution in [2.75, 3.05) is 13.2 Å². The summed E-state index contributed by atoms with van der Waals surface area (Å²) in [6.45, 7) is 3.43. The van der Waals surface area contributed by atoms with Crippen molar-refractivity contribution in [3.05, 3.63) is 77.4 Å². The smallest absolute Gasteiger partial charge is 0.260 e. The molecule has 1 N–H and O–H groups in total. The first-order valence-corrected chi connectivity index (χ1v) is 9.67. The molecular weight excluding hydrogens is 352 g/mol. The molecule has 3 heterocycles. The van der Waals surface area contributed by atoms with Crippen molar-refractivity contribution in [1.82, 2.24) is 20.1 Å². The van der Waals surface area contributed by atoms with Crippen LogP contribution < -0.4 is 4.74 Å². The Hall–Kier alpha value is -3.15. The molecule has 0 radical (unpaired) electrons. The van der Waals surface area contributed by atoms with E-state index in [9.17, 15) is 4.79 Å². The number of hydrogen-bond donors (Lipinski definition) is 1. The molecule has 3 aromatic rings. The number of rotatable bonds is 6. The molecule has 2 aromatic heterocycles. The molecule has 1 aliphatic heterocycles. The number of carbonyl (C=O) groups is 1. The summed E-state index contributed by atoms with van der Waals surface area (Å²) in [5, 5.41) is 7.83. The number of aromatic nitrogens is 3. The minimum Gasteiger partial charge on any atom is -0.482 e. The maximum absolute atomic E-state index is 12.7. The number of hydrogen-bond acceptors (Lipinski definition) is 4. The second kappa shape index (κ2) is 8.25. The van der Waals surface area contributed by atoms with E-state index >= 15 is 0 Å². The quantitative estimate of drug-likeness (QED) is 0.716. The van der Waals surface area contributed by atoms with Crippen molar-refractivity contribution in [3.63, 3.8) is 0 Å². The molecule has 0 saturated carbocycles. The van der Waals surface area contributed by atoms with E-state index in [1.807, 2.05) is 11.0 Å². The molecule has 6 nitrogen and oxygen atoms in total. The maximum atomic E-state index is 12.7. The van der Waals surface area contributed by atoms with E-state index in [-0.39, 0.29) is 18.4 Å². The molecule has 0 bridgehead atoms. The summed E-state index contributed by atoms with van der Waals surface area (Å²) >= 11 is 0. The van der Waals surface area contributed by atoms with Gasteiger partial charge < -0.3 is 9.64 Å². The van der Waals surface area contributed by atoms with Gasteiger partial charge in [-0.05, 0) is 24.1 Å². The standard InChI is InChI=1S/C22H24N4O2/c1-2-18(16-7-4-3-5-8-16)22-19-14-26(12-10-20(19)24-25-22)21(27)15-28-17-9-6-11-23-13-17/h3-9,11,13,18H,2,10,12,14-15H2,1H3,(H,24,25). The van der Waals surface area contributed by atoms with Gasteiger partial charge in [0.15, 0.2) is 6.61 Å². The van der Waals surface area contributed by atoms with Crippen LogP contribution >= 0.6 is 0 Å². The summed E-state index contributed by atoms with van der Waals surface area (Å²) in [7, 11) is 0. The third-order valence-electron chi connectivity index (χ3n) is 5.26. The summed E-state index contributed by atoms with van der Waals surface area (Å²) in [4.78, 5) is 18.5. The summed E-state index contributed by atoms with van der Waals surface area (Å²) < 4.78 is 5.58. The fraction of sp³-hybridized carbons (Fsp3) is 0.318. The van der Waals surface area contributed by atoms with Crippen LogP contribution in [-0.4, -0.2) is 39.1 Å². The van der Waals surface area contributed by atoms with Gasteiger partial charge in [-0.25, -0.2) is 0 Å². The first kappa shape index (κ1) is 18.2. The van der Waals surface area contributed by atoms with Gasteiger partial charge in [0, 0.05) is 42.9 Å². The average Bonchev–Trinajstić information content (AvgIpc) is 3.17. The van der Waals surface area contributed by atoms with Gasteiger partial charge in [0.05, 0.1) is 11.9 Å². The lowest BCUT2D eigenvalue weighted by atomic mass is 9.89. The van der Waals surface area contributed by atoms with Crippen molar-refractivity contribution < 1.29 is 9.53 Å². The van der Waals surface area contributed by atoms with Crippen LogP contribution in [0.4, 0.5) is 0 Å². The van der Waals surface area contributed by atoms with E-state index in [2.05, 4.69) is 46.4 Å². The van der Waals surface area contributed by atoms with Gasteiger partial charge in [-0.1, -0.05) is 37.3 Å². The number of nitrogens with zero attached hydrogens (tertiary/aromatic N) is 3. The Bertz CT molecular complexity index is 924. The molecule has 1 atom stereocenters. The van der Waals surface area contributed by atoms with E-state index < -0.39 is 0 Å². The van der Waals surface area contributed by atoms with Crippen molar-refractivity contribution in [1.29, 1.82) is 0 Å². The number of carbonyl (C=O) groups excluding carboxylic acids is 1. The molecule has 28 heavy (non-hydrogen) atoms. The molecule has 1 amide bonds. The molecule has 6 heteroatoms. The highest BCUT2D eigenvalue weighted by atomic mass is 16.5. The monoisotopic (exact) mass is 376 g/mol. The van der Waals surface area contributed by atoms with Crippen LogP contribution in [0.1, 0.15) is 41.8 Å². The molecule has 1 aromatic carbocycles. The van der Waals surface area contributed by atoms with Crippen LogP contribution in [0.2, 0.25) is 0 Å². The third kappa shape index (κ3) is 3.76. The van der Waals surface area contributed by atoms with Gasteiger partial charge in [0.25, 0.3) is 5.91 Å². The summed E-state index contributed by atoms with van der Waals surface area (Å²) in [6, 6.07) is 14.0. The lowest BCUT2D eigenvalue weighted by Gasteiger charge is -2.28. The topological polar surface area (TPSA) is 71.1 Å². The van der Waals surface area contributed by atoms with Gasteiger partial charge in [-0.3, -0.25) is 14.9 Å². The Kier molecular flexibility index (Phi) is 5.37. The number of ether oxygens (including phenoxy) is 1. The van der Waals surface area contributed by atoms with Gasteiger partial charge in [0.2, 0.25) is 0 Å². The highest BCUT2D eigenvalue weighted by Crippen LogP contribution is 2.32. The normalized spacial score (nSPS) is 14.4. The van der Waals surface area contributed by atoms with Gasteiger partial charge in [-0.15, -0.1) is 0 Å². The van der Waals surface area contributed by atoms with Crippen LogP contribution in [0.15, 0.2) is 54.9 Å². The summed E-state index contributed by atoms with van der Waals surface area (Å²) in [5.74, 6) is 0.810. The molecule has 0 fully saturated rings. The predicted molar refractivity (Wildman–Crippen MR) is 106 cm³/mol. The van der Waals surface area contributed by atoms with E-state index in [0.717, 1.165) is 29.8 Å². The van der Waals surface area contributed by atoms with Gasteiger partial charge >= 0.3 is 0 Å². The number of H-pyrrole nitrogens is 1. The fourth-order valence-corrected chi connectivity index (χ4v) is 3.76. The molecule has 144 valence electrons. The number of pyridine rings is 1. The van der Waals surface area contributed by atoms with Crippen LogP contribution in [0.5, 0.6) is 5.75 Å². The molecule has 1 unspecified atom stereocenters. The Balaban J connectivity index is 1.49. The third-order valence-corrected chi connectivity index (χ3v) is 5.26. The van der Waals surface area contributed by atoms with Crippen LogP contribution in [-0.2, 0) is 17.8 Å². The lowest BCUT2D eigenvalue weighted by molar-refractivity contribution is -0.134. The predicted octanol–water partition coefficient (Wildman–Crippen LogP) is 3.31. The van der Waals surface area contributed by atoms with Crippen molar-refractivity contribution >= 4 is 5.91 Å². The van der Waals surface area contributed by atoms with Gasteiger partial charge in [0.1, 0.15) is 5.75 Å². The molecular formula is C22H24N4O2. The number of benzene rings is 1. The number of amides is 1. The number of fused-ring (bicyclic) bond motifs is 1.